The Kier molecular flexibility index (Phi) is 9.64. The number of benzene rings is 2. The normalized spacial score (nSPS) is 14.8. The lowest BCUT2D eigenvalue weighted by atomic mass is 10.1. The Morgan fingerprint density at radius 2 is 1.76 bits per heavy atom. The highest BCUT2D eigenvalue weighted by Crippen LogP contribution is 2.22. The van der Waals surface area contributed by atoms with Gasteiger partial charge in [-0.15, -0.1) is 0 Å². The number of amides is 2. The average Bonchev–Trinajstić information content (AvgIpc) is 3.35. The molecule has 7 nitrogen and oxygen atoms in total. The van der Waals surface area contributed by atoms with E-state index in [9.17, 15) is 26.8 Å². The van der Waals surface area contributed by atoms with Crippen molar-refractivity contribution in [2.75, 3.05) is 17.1 Å². The van der Waals surface area contributed by atoms with Gasteiger partial charge in [0.15, 0.2) is 11.6 Å². The van der Waals surface area contributed by atoms with Gasteiger partial charge in [0.25, 0.3) is 0 Å². The molecule has 37 heavy (non-hydrogen) atoms. The second kappa shape index (κ2) is 12.5. The van der Waals surface area contributed by atoms with Crippen LogP contribution in [0.4, 0.5) is 14.5 Å². The molecule has 0 saturated heterocycles. The predicted molar refractivity (Wildman–Crippen MR) is 139 cm³/mol. The van der Waals surface area contributed by atoms with Crippen LogP contribution in [0.25, 0.3) is 0 Å². The summed E-state index contributed by atoms with van der Waals surface area (Å²) in [7, 11) is -3.81. The first kappa shape index (κ1) is 28.6. The first-order chi connectivity index (χ1) is 17.5. The van der Waals surface area contributed by atoms with Crippen LogP contribution in [0.2, 0.25) is 0 Å². The molecule has 2 aromatic rings. The monoisotopic (exact) mass is 535 g/mol. The number of rotatable bonds is 11. The summed E-state index contributed by atoms with van der Waals surface area (Å²) in [6, 6.07) is 9.88. The number of carbonyl (C=O) groups is 2. The first-order valence-electron chi connectivity index (χ1n) is 12.5. The van der Waals surface area contributed by atoms with E-state index in [0.717, 1.165) is 59.5 Å². The number of anilines is 1. The molecule has 1 unspecified atom stereocenters. The molecular weight excluding hydrogens is 500 g/mol. The van der Waals surface area contributed by atoms with Crippen molar-refractivity contribution in [3.8, 4) is 0 Å². The van der Waals surface area contributed by atoms with Crippen LogP contribution in [-0.4, -0.2) is 50.0 Å². The largest absolute Gasteiger partial charge is 0.352 e. The summed E-state index contributed by atoms with van der Waals surface area (Å²) in [5.41, 5.74) is 1.89. The van der Waals surface area contributed by atoms with E-state index >= 15 is 0 Å². The van der Waals surface area contributed by atoms with Gasteiger partial charge in [-0.2, -0.15) is 0 Å². The fourth-order valence-electron chi connectivity index (χ4n) is 4.59. The van der Waals surface area contributed by atoms with Gasteiger partial charge in [-0.1, -0.05) is 37.1 Å². The van der Waals surface area contributed by atoms with Gasteiger partial charge in [0.05, 0.1) is 11.9 Å². The second-order valence-electron chi connectivity index (χ2n) is 9.65. The maximum atomic E-state index is 13.7. The van der Waals surface area contributed by atoms with Gasteiger partial charge in [0, 0.05) is 31.6 Å². The standard InChI is InChI=1S/C27H35F2N3O4S/c1-19-9-4-5-10-21(19)18-31(20(2)27(34)30-22-11-6-7-12-22)26(33)13-8-16-32(37(3,35)36)23-14-15-24(28)25(29)17-23/h4-5,9-10,14-15,17,20,22H,6-8,11-13,16,18H2,1-3H3,(H,30,34). The molecule has 1 aliphatic carbocycles. The fraction of sp³-hybridized carbons (Fsp3) is 0.481. The molecular formula is C27H35F2N3O4S. The Bertz CT molecular complexity index is 1220. The second-order valence-corrected chi connectivity index (χ2v) is 11.6. The van der Waals surface area contributed by atoms with E-state index in [1.807, 2.05) is 31.2 Å². The minimum Gasteiger partial charge on any atom is -0.352 e. The van der Waals surface area contributed by atoms with E-state index in [0.29, 0.717) is 0 Å². The predicted octanol–water partition coefficient (Wildman–Crippen LogP) is 4.30. The van der Waals surface area contributed by atoms with Crippen LogP contribution in [0.3, 0.4) is 0 Å². The molecule has 2 aromatic carbocycles. The summed E-state index contributed by atoms with van der Waals surface area (Å²) in [6.07, 6.45) is 5.07. The molecule has 0 spiro atoms. The highest BCUT2D eigenvalue weighted by atomic mass is 32.2. The smallest absolute Gasteiger partial charge is 0.242 e. The average molecular weight is 536 g/mol. The minimum atomic E-state index is -3.81. The Morgan fingerprint density at radius 1 is 1.08 bits per heavy atom. The van der Waals surface area contributed by atoms with Crippen molar-refractivity contribution in [1.82, 2.24) is 10.2 Å². The molecule has 0 radical (unpaired) electrons. The number of sulfonamides is 1. The molecule has 202 valence electrons. The zero-order valence-corrected chi connectivity index (χ0v) is 22.4. The lowest BCUT2D eigenvalue weighted by Crippen LogP contribution is -2.49. The highest BCUT2D eigenvalue weighted by Gasteiger charge is 2.29. The SMILES string of the molecule is Cc1ccccc1CN(C(=O)CCCN(c1ccc(F)c(F)c1)S(C)(=O)=O)C(C)C(=O)NC1CCCC1. The van der Waals surface area contributed by atoms with Crippen molar-refractivity contribution in [1.29, 1.82) is 0 Å². The Morgan fingerprint density at radius 3 is 2.38 bits per heavy atom. The lowest BCUT2D eigenvalue weighted by Gasteiger charge is -2.30. The maximum Gasteiger partial charge on any atom is 0.242 e. The van der Waals surface area contributed by atoms with E-state index < -0.39 is 27.7 Å². The van der Waals surface area contributed by atoms with Gasteiger partial charge in [-0.3, -0.25) is 13.9 Å². The van der Waals surface area contributed by atoms with Gasteiger partial charge >= 0.3 is 0 Å². The Labute approximate surface area is 217 Å². The van der Waals surface area contributed by atoms with Crippen LogP contribution in [-0.2, 0) is 26.2 Å². The number of nitrogens with zero attached hydrogens (tertiary/aromatic N) is 2. The minimum absolute atomic E-state index is 0.0186. The number of carbonyl (C=O) groups excluding carboxylic acids is 2. The van der Waals surface area contributed by atoms with Crippen molar-refractivity contribution in [3.63, 3.8) is 0 Å². The van der Waals surface area contributed by atoms with E-state index in [1.54, 1.807) is 6.92 Å². The number of nitrogens with one attached hydrogen (secondary N) is 1. The topological polar surface area (TPSA) is 86.8 Å². The van der Waals surface area contributed by atoms with Gasteiger partial charge in [0.2, 0.25) is 21.8 Å². The summed E-state index contributed by atoms with van der Waals surface area (Å²) in [6.45, 7) is 3.78. The molecule has 0 heterocycles. The molecule has 2 amide bonds. The van der Waals surface area contributed by atoms with Gasteiger partial charge < -0.3 is 10.2 Å². The summed E-state index contributed by atoms with van der Waals surface area (Å²) < 4.78 is 52.7. The third-order valence-corrected chi connectivity index (χ3v) is 8.01. The third kappa shape index (κ3) is 7.74. The van der Waals surface area contributed by atoms with Gasteiger partial charge in [-0.05, 0) is 56.4 Å². The number of hydrogen-bond donors (Lipinski definition) is 1. The quantitative estimate of drug-likeness (QED) is 0.465. The van der Waals surface area contributed by atoms with E-state index in [4.69, 9.17) is 0 Å². The molecule has 0 bridgehead atoms. The van der Waals surface area contributed by atoms with Crippen molar-refractivity contribution in [2.24, 2.45) is 0 Å². The van der Waals surface area contributed by atoms with Crippen LogP contribution < -0.4 is 9.62 Å². The lowest BCUT2D eigenvalue weighted by molar-refractivity contribution is -0.141. The van der Waals surface area contributed by atoms with Crippen molar-refractivity contribution >= 4 is 27.5 Å². The summed E-state index contributed by atoms with van der Waals surface area (Å²) in [5, 5.41) is 3.05. The molecule has 1 fully saturated rings. The molecule has 10 heteroatoms. The molecule has 3 rings (SSSR count). The molecule has 1 atom stereocenters. The maximum absolute atomic E-state index is 13.7. The van der Waals surface area contributed by atoms with E-state index in [-0.39, 0.29) is 49.5 Å². The molecule has 0 aromatic heterocycles. The van der Waals surface area contributed by atoms with Crippen molar-refractivity contribution in [3.05, 3.63) is 65.2 Å². The van der Waals surface area contributed by atoms with Crippen LogP contribution in [0, 0.1) is 18.6 Å². The van der Waals surface area contributed by atoms with Gasteiger partial charge in [0.1, 0.15) is 6.04 Å². The Hall–Kier alpha value is -3.01. The van der Waals surface area contributed by atoms with Crippen LogP contribution >= 0.6 is 0 Å². The molecule has 1 aliphatic rings. The summed E-state index contributed by atoms with van der Waals surface area (Å²) >= 11 is 0. The zero-order valence-electron chi connectivity index (χ0n) is 21.5. The molecule has 0 aliphatic heterocycles. The highest BCUT2D eigenvalue weighted by molar-refractivity contribution is 7.92. The summed E-state index contributed by atoms with van der Waals surface area (Å²) in [4.78, 5) is 27.9. The fourth-order valence-corrected chi connectivity index (χ4v) is 5.55. The Balaban J connectivity index is 1.73. The van der Waals surface area contributed by atoms with Crippen molar-refractivity contribution in [2.45, 2.75) is 71.0 Å². The van der Waals surface area contributed by atoms with Gasteiger partial charge in [-0.25, -0.2) is 17.2 Å². The van der Waals surface area contributed by atoms with Crippen LogP contribution in [0.15, 0.2) is 42.5 Å². The first-order valence-corrected chi connectivity index (χ1v) is 14.4. The van der Waals surface area contributed by atoms with Crippen molar-refractivity contribution < 1.29 is 26.8 Å². The zero-order chi connectivity index (χ0) is 27.2. The van der Waals surface area contributed by atoms with E-state index in [1.165, 1.54) is 11.0 Å². The molecule has 1 saturated carbocycles. The van der Waals surface area contributed by atoms with Crippen LogP contribution in [0.1, 0.15) is 56.6 Å². The number of aryl methyl sites for hydroxylation is 1. The number of halogens is 2. The summed E-state index contributed by atoms with van der Waals surface area (Å²) in [5.74, 6) is -2.75. The van der Waals surface area contributed by atoms with Crippen LogP contribution in [0.5, 0.6) is 0 Å². The third-order valence-electron chi connectivity index (χ3n) is 6.81. The van der Waals surface area contributed by atoms with E-state index in [2.05, 4.69) is 5.32 Å². The number of hydrogen-bond acceptors (Lipinski definition) is 4. The molecule has 1 N–H and O–H groups in total.